The maximum Gasteiger partial charge on any atom is 0.222 e. The van der Waals surface area contributed by atoms with Crippen LogP contribution in [-0.2, 0) is 4.79 Å². The Hall–Kier alpha value is -0.530. The van der Waals surface area contributed by atoms with E-state index >= 15 is 0 Å². The fourth-order valence-electron chi connectivity index (χ4n) is 1.49. The van der Waals surface area contributed by atoms with Crippen LogP contribution in [0, 0.1) is 0 Å². The monoisotopic (exact) mass is 111 g/mol. The minimum atomic E-state index is 0.240. The SMILES string of the molecule is O=C1CC2(CCC2)N1. The van der Waals surface area contributed by atoms with Gasteiger partial charge < -0.3 is 5.32 Å². The molecule has 2 aliphatic rings. The van der Waals surface area contributed by atoms with Gasteiger partial charge in [0.1, 0.15) is 0 Å². The molecule has 0 aromatic carbocycles. The van der Waals surface area contributed by atoms with Crippen molar-refractivity contribution in [2.45, 2.75) is 31.2 Å². The van der Waals surface area contributed by atoms with E-state index in [-0.39, 0.29) is 5.91 Å². The summed E-state index contributed by atoms with van der Waals surface area (Å²) in [4.78, 5) is 10.4. The maximum atomic E-state index is 10.4. The van der Waals surface area contributed by atoms with Gasteiger partial charge in [-0.25, -0.2) is 0 Å². The van der Waals surface area contributed by atoms with Crippen LogP contribution in [-0.4, -0.2) is 11.4 Å². The van der Waals surface area contributed by atoms with E-state index in [1.54, 1.807) is 0 Å². The van der Waals surface area contributed by atoms with Gasteiger partial charge in [-0.1, -0.05) is 0 Å². The normalized spacial score (nSPS) is 30.8. The van der Waals surface area contributed by atoms with Crippen LogP contribution in [0.5, 0.6) is 0 Å². The van der Waals surface area contributed by atoms with Gasteiger partial charge in [-0.05, 0) is 19.3 Å². The maximum absolute atomic E-state index is 10.4. The molecule has 2 heteroatoms. The molecule has 0 aromatic rings. The van der Waals surface area contributed by atoms with Gasteiger partial charge in [0.15, 0.2) is 0 Å². The van der Waals surface area contributed by atoms with Crippen molar-refractivity contribution in [1.29, 1.82) is 0 Å². The highest BCUT2D eigenvalue weighted by Gasteiger charge is 2.46. The van der Waals surface area contributed by atoms with E-state index in [4.69, 9.17) is 0 Å². The molecule has 2 rings (SSSR count). The molecule has 0 bridgehead atoms. The van der Waals surface area contributed by atoms with Gasteiger partial charge >= 0.3 is 0 Å². The Labute approximate surface area is 48.3 Å². The summed E-state index contributed by atoms with van der Waals surface area (Å²) in [5.41, 5.74) is 0.317. The standard InChI is InChI=1S/C6H9NO/c8-5-4-6(7-5)2-1-3-6/h1-4H2,(H,7,8). The quantitative estimate of drug-likeness (QED) is 0.451. The molecule has 1 spiro atoms. The molecular weight excluding hydrogens is 102 g/mol. The molecule has 2 nitrogen and oxygen atoms in total. The van der Waals surface area contributed by atoms with Crippen LogP contribution in [0.4, 0.5) is 0 Å². The Bertz CT molecular complexity index is 127. The predicted molar refractivity (Wildman–Crippen MR) is 29.3 cm³/mol. The molecule has 8 heavy (non-hydrogen) atoms. The average molecular weight is 111 g/mol. The number of hydrogen-bond donors (Lipinski definition) is 1. The van der Waals surface area contributed by atoms with Crippen molar-refractivity contribution in [3.05, 3.63) is 0 Å². The third-order valence-electron chi connectivity index (χ3n) is 2.21. The predicted octanol–water partition coefficient (Wildman–Crippen LogP) is 0.429. The Morgan fingerprint density at radius 2 is 2.12 bits per heavy atom. The summed E-state index contributed by atoms with van der Waals surface area (Å²) in [5, 5.41) is 2.92. The Morgan fingerprint density at radius 1 is 1.50 bits per heavy atom. The first kappa shape index (κ1) is 4.36. The van der Waals surface area contributed by atoms with E-state index in [1.807, 2.05) is 0 Å². The van der Waals surface area contributed by atoms with Crippen molar-refractivity contribution in [3.8, 4) is 0 Å². The lowest BCUT2D eigenvalue weighted by Crippen LogP contribution is -2.64. The van der Waals surface area contributed by atoms with Gasteiger partial charge in [0, 0.05) is 12.0 Å². The Kier molecular flexibility index (Phi) is 0.581. The molecule has 0 radical (unpaired) electrons. The topological polar surface area (TPSA) is 29.1 Å². The van der Waals surface area contributed by atoms with Crippen LogP contribution in [0.15, 0.2) is 0 Å². The van der Waals surface area contributed by atoms with Crippen molar-refractivity contribution in [2.75, 3.05) is 0 Å². The van der Waals surface area contributed by atoms with E-state index < -0.39 is 0 Å². The molecule has 0 atom stereocenters. The molecule has 1 saturated carbocycles. The van der Waals surface area contributed by atoms with Crippen LogP contribution < -0.4 is 5.32 Å². The Morgan fingerprint density at radius 3 is 2.25 bits per heavy atom. The molecule has 0 unspecified atom stereocenters. The van der Waals surface area contributed by atoms with Gasteiger partial charge in [0.25, 0.3) is 0 Å². The van der Waals surface area contributed by atoms with Crippen molar-refractivity contribution >= 4 is 5.91 Å². The third-order valence-corrected chi connectivity index (χ3v) is 2.21. The van der Waals surface area contributed by atoms with Gasteiger partial charge in [-0.3, -0.25) is 4.79 Å². The highest BCUT2D eigenvalue weighted by Crippen LogP contribution is 2.39. The minimum Gasteiger partial charge on any atom is -0.350 e. The molecule has 44 valence electrons. The number of β-lactam (4-membered cyclic amide) rings is 1. The molecule has 2 fully saturated rings. The van der Waals surface area contributed by atoms with Crippen molar-refractivity contribution in [2.24, 2.45) is 0 Å². The number of amides is 1. The van der Waals surface area contributed by atoms with Crippen LogP contribution in [0.2, 0.25) is 0 Å². The van der Waals surface area contributed by atoms with Crippen LogP contribution in [0.1, 0.15) is 25.7 Å². The number of carbonyl (C=O) groups is 1. The lowest BCUT2D eigenvalue weighted by molar-refractivity contribution is -0.136. The Balaban J connectivity index is 2.01. The second-order valence-corrected chi connectivity index (χ2v) is 2.86. The van der Waals surface area contributed by atoms with E-state index in [1.165, 1.54) is 19.3 Å². The first-order chi connectivity index (χ1) is 3.81. The van der Waals surface area contributed by atoms with E-state index in [0.29, 0.717) is 5.54 Å². The number of carbonyl (C=O) groups excluding carboxylic acids is 1. The van der Waals surface area contributed by atoms with Gasteiger partial charge in [0.05, 0.1) is 0 Å². The minimum absolute atomic E-state index is 0.240. The third kappa shape index (κ3) is 0.358. The summed E-state index contributed by atoms with van der Waals surface area (Å²) in [5.74, 6) is 0.240. The van der Waals surface area contributed by atoms with Crippen molar-refractivity contribution in [1.82, 2.24) is 5.32 Å². The van der Waals surface area contributed by atoms with E-state index in [0.717, 1.165) is 6.42 Å². The number of hydrogen-bond acceptors (Lipinski definition) is 1. The molecular formula is C6H9NO. The summed E-state index contributed by atoms with van der Waals surface area (Å²) < 4.78 is 0. The molecule has 1 aliphatic carbocycles. The zero-order chi connectivity index (χ0) is 5.61. The highest BCUT2D eigenvalue weighted by atomic mass is 16.2. The molecule has 0 aromatic heterocycles. The lowest BCUT2D eigenvalue weighted by Gasteiger charge is -2.49. The van der Waals surface area contributed by atoms with E-state index in [9.17, 15) is 4.79 Å². The zero-order valence-electron chi connectivity index (χ0n) is 4.74. The zero-order valence-corrected chi connectivity index (χ0v) is 4.74. The second kappa shape index (κ2) is 1.07. The van der Waals surface area contributed by atoms with Gasteiger partial charge in [0.2, 0.25) is 5.91 Å². The number of rotatable bonds is 0. The van der Waals surface area contributed by atoms with E-state index in [2.05, 4.69) is 5.32 Å². The van der Waals surface area contributed by atoms with Gasteiger partial charge in [-0.15, -0.1) is 0 Å². The first-order valence-corrected chi connectivity index (χ1v) is 3.12. The molecule has 1 amide bonds. The molecule has 1 heterocycles. The lowest BCUT2D eigenvalue weighted by atomic mass is 9.69. The summed E-state index contributed by atoms with van der Waals surface area (Å²) in [6.45, 7) is 0. The summed E-state index contributed by atoms with van der Waals surface area (Å²) in [7, 11) is 0. The molecule has 1 saturated heterocycles. The fourth-order valence-corrected chi connectivity index (χ4v) is 1.49. The largest absolute Gasteiger partial charge is 0.350 e. The molecule has 1 aliphatic heterocycles. The van der Waals surface area contributed by atoms with Crippen LogP contribution in [0.3, 0.4) is 0 Å². The van der Waals surface area contributed by atoms with Crippen LogP contribution >= 0.6 is 0 Å². The second-order valence-electron chi connectivity index (χ2n) is 2.86. The smallest absolute Gasteiger partial charge is 0.222 e. The average Bonchev–Trinajstić information content (AvgIpc) is 1.51. The highest BCUT2D eigenvalue weighted by molar-refractivity contribution is 5.85. The van der Waals surface area contributed by atoms with Gasteiger partial charge in [-0.2, -0.15) is 0 Å². The summed E-state index contributed by atoms with van der Waals surface area (Å²) in [6, 6.07) is 0. The van der Waals surface area contributed by atoms with Crippen molar-refractivity contribution < 1.29 is 4.79 Å². The summed E-state index contributed by atoms with van der Waals surface area (Å²) in [6.07, 6.45) is 4.55. The molecule has 1 N–H and O–H groups in total. The fraction of sp³-hybridized carbons (Fsp3) is 0.833. The first-order valence-electron chi connectivity index (χ1n) is 3.12. The summed E-state index contributed by atoms with van der Waals surface area (Å²) >= 11 is 0. The van der Waals surface area contributed by atoms with Crippen molar-refractivity contribution in [3.63, 3.8) is 0 Å². The van der Waals surface area contributed by atoms with Crippen LogP contribution in [0.25, 0.3) is 0 Å². The number of nitrogens with one attached hydrogen (secondary N) is 1.